The molecule has 1 aromatic heterocycles. The summed E-state index contributed by atoms with van der Waals surface area (Å²) in [5.74, 6) is 1.51. The molecular weight excluding hydrogens is 281 g/mol. The summed E-state index contributed by atoms with van der Waals surface area (Å²) in [6, 6.07) is 5.41. The third-order valence-electron chi connectivity index (χ3n) is 2.98. The van der Waals surface area contributed by atoms with Gasteiger partial charge in [-0.3, -0.25) is 0 Å². The van der Waals surface area contributed by atoms with E-state index in [1.807, 2.05) is 20.0 Å². The average Bonchev–Trinajstić information content (AvgIpc) is 2.40. The second-order valence-corrected chi connectivity index (χ2v) is 5.01. The van der Waals surface area contributed by atoms with Crippen LogP contribution >= 0.6 is 23.2 Å². The molecule has 100 valence electrons. The third kappa shape index (κ3) is 2.82. The largest absolute Gasteiger partial charge is 0.373 e. The minimum Gasteiger partial charge on any atom is -0.373 e. The van der Waals surface area contributed by atoms with Gasteiger partial charge in [-0.15, -0.1) is 0 Å². The minimum absolute atomic E-state index is 0.506. The van der Waals surface area contributed by atoms with Gasteiger partial charge in [0.1, 0.15) is 5.82 Å². The smallest absolute Gasteiger partial charge is 0.161 e. The Bertz CT molecular complexity index is 612. The highest BCUT2D eigenvalue weighted by Crippen LogP contribution is 2.28. The quantitative estimate of drug-likeness (QED) is 0.914. The van der Waals surface area contributed by atoms with Crippen LogP contribution in [0.15, 0.2) is 18.2 Å². The molecule has 0 aliphatic carbocycles. The lowest BCUT2D eigenvalue weighted by molar-refractivity contribution is 1.00. The lowest BCUT2D eigenvalue weighted by Crippen LogP contribution is -2.04. The Balaban J connectivity index is 2.56. The highest BCUT2D eigenvalue weighted by Gasteiger charge is 2.11. The first kappa shape index (κ1) is 14.1. The molecule has 0 saturated heterocycles. The number of nitrogens with zero attached hydrogens (tertiary/aromatic N) is 2. The van der Waals surface area contributed by atoms with Gasteiger partial charge in [0.15, 0.2) is 5.82 Å². The van der Waals surface area contributed by atoms with E-state index >= 15 is 0 Å². The standard InChI is InChI=1S/C14H15Cl2N3/c1-4-10-8(2)18-13(19-14(10)17-3)9-5-6-11(15)12(16)7-9/h5-7H,4H2,1-3H3,(H,17,18,19). The summed E-state index contributed by atoms with van der Waals surface area (Å²) >= 11 is 12.0. The van der Waals surface area contributed by atoms with Crippen LogP contribution in [0.5, 0.6) is 0 Å². The molecule has 1 N–H and O–H groups in total. The molecule has 0 aliphatic heterocycles. The molecule has 0 radical (unpaired) electrons. The van der Waals surface area contributed by atoms with Gasteiger partial charge < -0.3 is 5.32 Å². The van der Waals surface area contributed by atoms with Crippen LogP contribution in [0.2, 0.25) is 10.0 Å². The van der Waals surface area contributed by atoms with Crippen molar-refractivity contribution in [2.75, 3.05) is 12.4 Å². The summed E-state index contributed by atoms with van der Waals surface area (Å²) in [5.41, 5.74) is 2.96. The predicted molar refractivity (Wildman–Crippen MR) is 81.1 cm³/mol. The van der Waals surface area contributed by atoms with E-state index in [2.05, 4.69) is 22.2 Å². The molecule has 0 unspecified atom stereocenters. The van der Waals surface area contributed by atoms with Crippen LogP contribution in [0.4, 0.5) is 5.82 Å². The van der Waals surface area contributed by atoms with Crippen LogP contribution in [-0.2, 0) is 6.42 Å². The number of aryl methyl sites for hydroxylation is 1. The highest BCUT2D eigenvalue weighted by molar-refractivity contribution is 6.42. The van der Waals surface area contributed by atoms with Gasteiger partial charge in [-0.2, -0.15) is 0 Å². The van der Waals surface area contributed by atoms with E-state index in [9.17, 15) is 0 Å². The van der Waals surface area contributed by atoms with Crippen molar-refractivity contribution < 1.29 is 0 Å². The first-order valence-corrected chi connectivity index (χ1v) is 6.83. The van der Waals surface area contributed by atoms with E-state index < -0.39 is 0 Å². The molecule has 1 heterocycles. The Kier molecular flexibility index (Phi) is 4.27. The molecule has 2 aromatic rings. The lowest BCUT2D eigenvalue weighted by atomic mass is 10.1. The van der Waals surface area contributed by atoms with Crippen molar-refractivity contribution in [2.24, 2.45) is 0 Å². The van der Waals surface area contributed by atoms with E-state index in [1.54, 1.807) is 12.1 Å². The Morgan fingerprint density at radius 1 is 1.16 bits per heavy atom. The monoisotopic (exact) mass is 295 g/mol. The predicted octanol–water partition coefficient (Wildman–Crippen LogP) is 4.36. The second kappa shape index (κ2) is 5.76. The van der Waals surface area contributed by atoms with Crippen molar-refractivity contribution in [3.8, 4) is 11.4 Å². The molecule has 0 atom stereocenters. The maximum Gasteiger partial charge on any atom is 0.161 e. The molecule has 5 heteroatoms. The highest BCUT2D eigenvalue weighted by atomic mass is 35.5. The van der Waals surface area contributed by atoms with Crippen molar-refractivity contribution in [2.45, 2.75) is 20.3 Å². The summed E-state index contributed by atoms with van der Waals surface area (Å²) in [6.45, 7) is 4.08. The van der Waals surface area contributed by atoms with Crippen LogP contribution in [0.1, 0.15) is 18.2 Å². The Hall–Kier alpha value is -1.32. The van der Waals surface area contributed by atoms with Crippen LogP contribution in [0.25, 0.3) is 11.4 Å². The molecule has 3 nitrogen and oxygen atoms in total. The van der Waals surface area contributed by atoms with Gasteiger partial charge in [0, 0.05) is 23.9 Å². The molecule has 0 fully saturated rings. The Morgan fingerprint density at radius 3 is 2.47 bits per heavy atom. The number of rotatable bonds is 3. The van der Waals surface area contributed by atoms with Crippen LogP contribution in [0, 0.1) is 6.92 Å². The maximum atomic E-state index is 6.03. The number of benzene rings is 1. The van der Waals surface area contributed by atoms with E-state index in [-0.39, 0.29) is 0 Å². The fraction of sp³-hybridized carbons (Fsp3) is 0.286. The molecule has 1 aromatic carbocycles. The average molecular weight is 296 g/mol. The van der Waals surface area contributed by atoms with Gasteiger partial charge in [0.05, 0.1) is 10.0 Å². The topological polar surface area (TPSA) is 37.8 Å². The van der Waals surface area contributed by atoms with Crippen molar-refractivity contribution in [3.63, 3.8) is 0 Å². The molecule has 0 bridgehead atoms. The van der Waals surface area contributed by atoms with E-state index in [4.69, 9.17) is 23.2 Å². The molecule has 0 spiro atoms. The fourth-order valence-electron chi connectivity index (χ4n) is 1.99. The summed E-state index contributed by atoms with van der Waals surface area (Å²) in [7, 11) is 1.86. The summed E-state index contributed by atoms with van der Waals surface area (Å²) in [6.07, 6.45) is 0.893. The lowest BCUT2D eigenvalue weighted by Gasteiger charge is -2.11. The van der Waals surface area contributed by atoms with Crippen molar-refractivity contribution in [1.29, 1.82) is 0 Å². The van der Waals surface area contributed by atoms with Crippen LogP contribution < -0.4 is 5.32 Å². The minimum atomic E-state index is 0.506. The van der Waals surface area contributed by atoms with E-state index in [0.29, 0.717) is 15.9 Å². The molecule has 0 amide bonds. The van der Waals surface area contributed by atoms with Gasteiger partial charge in [-0.1, -0.05) is 30.1 Å². The van der Waals surface area contributed by atoms with E-state index in [1.165, 1.54) is 0 Å². The molecular formula is C14H15Cl2N3. The number of hydrogen-bond acceptors (Lipinski definition) is 3. The summed E-state index contributed by atoms with van der Waals surface area (Å²) in [4.78, 5) is 9.08. The zero-order valence-electron chi connectivity index (χ0n) is 11.1. The number of anilines is 1. The van der Waals surface area contributed by atoms with Gasteiger partial charge in [-0.25, -0.2) is 9.97 Å². The molecule has 0 saturated carbocycles. The van der Waals surface area contributed by atoms with Crippen molar-refractivity contribution in [3.05, 3.63) is 39.5 Å². The van der Waals surface area contributed by atoms with Gasteiger partial charge >= 0.3 is 0 Å². The normalized spacial score (nSPS) is 10.6. The van der Waals surface area contributed by atoms with Gasteiger partial charge in [-0.05, 0) is 31.5 Å². The summed E-state index contributed by atoms with van der Waals surface area (Å²) < 4.78 is 0. The zero-order valence-corrected chi connectivity index (χ0v) is 12.6. The molecule has 0 aliphatic rings. The number of aromatic nitrogens is 2. The van der Waals surface area contributed by atoms with Crippen LogP contribution in [0.3, 0.4) is 0 Å². The molecule has 2 rings (SSSR count). The number of halogens is 2. The first-order valence-electron chi connectivity index (χ1n) is 6.07. The maximum absolute atomic E-state index is 6.03. The fourth-order valence-corrected chi connectivity index (χ4v) is 2.29. The Labute approximate surface area is 123 Å². The Morgan fingerprint density at radius 2 is 1.89 bits per heavy atom. The van der Waals surface area contributed by atoms with E-state index in [0.717, 1.165) is 29.1 Å². The number of hydrogen-bond donors (Lipinski definition) is 1. The third-order valence-corrected chi connectivity index (χ3v) is 3.72. The zero-order chi connectivity index (χ0) is 14.0. The van der Waals surface area contributed by atoms with Crippen molar-refractivity contribution in [1.82, 2.24) is 9.97 Å². The first-order chi connectivity index (χ1) is 9.06. The SMILES string of the molecule is CCc1c(C)nc(-c2ccc(Cl)c(Cl)c2)nc1NC. The molecule has 19 heavy (non-hydrogen) atoms. The second-order valence-electron chi connectivity index (χ2n) is 4.19. The number of nitrogens with one attached hydrogen (secondary N) is 1. The van der Waals surface area contributed by atoms with Gasteiger partial charge in [0.2, 0.25) is 0 Å². The van der Waals surface area contributed by atoms with Crippen LogP contribution in [-0.4, -0.2) is 17.0 Å². The summed E-state index contributed by atoms with van der Waals surface area (Å²) in [5, 5.41) is 4.15. The van der Waals surface area contributed by atoms with Crippen molar-refractivity contribution >= 4 is 29.0 Å². The van der Waals surface area contributed by atoms with Gasteiger partial charge in [0.25, 0.3) is 0 Å².